The van der Waals surface area contributed by atoms with E-state index in [9.17, 15) is 9.50 Å². The molecule has 0 amide bonds. The molecule has 0 bridgehead atoms. The van der Waals surface area contributed by atoms with E-state index in [-0.39, 0.29) is 5.75 Å². The first-order valence-corrected chi connectivity index (χ1v) is 6.09. The van der Waals surface area contributed by atoms with E-state index in [4.69, 9.17) is 0 Å². The minimum Gasteiger partial charge on any atom is -0.508 e. The van der Waals surface area contributed by atoms with Gasteiger partial charge in [-0.15, -0.1) is 0 Å². The summed E-state index contributed by atoms with van der Waals surface area (Å²) in [5, 5.41) is 13.0. The van der Waals surface area contributed by atoms with Gasteiger partial charge in [0.1, 0.15) is 12.4 Å². The molecule has 94 valence electrons. The Morgan fingerprint density at radius 2 is 2.06 bits per heavy atom. The number of rotatable bonds is 4. The summed E-state index contributed by atoms with van der Waals surface area (Å²) < 4.78 is 12.5. The number of phenolic OH excluding ortho intramolecular Hbond substituents is 1. The lowest BCUT2D eigenvalue weighted by Gasteiger charge is -2.27. The van der Waals surface area contributed by atoms with Crippen LogP contribution in [0.25, 0.3) is 0 Å². The maximum Gasteiger partial charge on any atom is 0.118 e. The van der Waals surface area contributed by atoms with E-state index >= 15 is 0 Å². The highest BCUT2D eigenvalue weighted by molar-refractivity contribution is 5.36. The Balaban J connectivity index is 1.92. The van der Waals surface area contributed by atoms with Crippen LogP contribution in [-0.2, 0) is 13.1 Å². The van der Waals surface area contributed by atoms with Crippen molar-refractivity contribution in [2.24, 2.45) is 0 Å². The number of nitrogens with zero attached hydrogens (tertiary/aromatic N) is 1. The molecule has 1 aromatic rings. The molecule has 0 atom stereocenters. The summed E-state index contributed by atoms with van der Waals surface area (Å²) in [6.45, 7) is 4.59. The largest absolute Gasteiger partial charge is 0.508 e. The third-order valence-electron chi connectivity index (χ3n) is 3.21. The second kappa shape index (κ2) is 5.98. The number of piperazine rings is 1. The second-order valence-corrected chi connectivity index (χ2v) is 4.44. The maximum atomic E-state index is 12.5. The van der Waals surface area contributed by atoms with Crippen LogP contribution >= 0.6 is 0 Å². The first kappa shape index (κ1) is 12.3. The van der Waals surface area contributed by atoms with Gasteiger partial charge in [-0.2, -0.15) is 0 Å². The van der Waals surface area contributed by atoms with Crippen molar-refractivity contribution in [2.75, 3.05) is 32.7 Å². The van der Waals surface area contributed by atoms with Crippen LogP contribution in [0.15, 0.2) is 18.2 Å². The standard InChI is InChI=1S/C13H19FN2O/c14-10-11-1-2-13(17)12(9-11)3-6-16-7-4-15-5-8-16/h1-2,9,15,17H,3-8,10H2. The van der Waals surface area contributed by atoms with Gasteiger partial charge in [0.05, 0.1) is 0 Å². The lowest BCUT2D eigenvalue weighted by Crippen LogP contribution is -2.44. The molecule has 2 rings (SSSR count). The van der Waals surface area contributed by atoms with E-state index < -0.39 is 6.67 Å². The van der Waals surface area contributed by atoms with Crippen molar-refractivity contribution in [1.29, 1.82) is 0 Å². The maximum absolute atomic E-state index is 12.5. The summed E-state index contributed by atoms with van der Waals surface area (Å²) in [7, 11) is 0. The molecular formula is C13H19FN2O. The Bertz CT molecular complexity index is 364. The fourth-order valence-corrected chi connectivity index (χ4v) is 2.14. The molecule has 1 aliphatic heterocycles. The van der Waals surface area contributed by atoms with Crippen LogP contribution in [0.5, 0.6) is 5.75 Å². The molecule has 0 spiro atoms. The molecule has 0 saturated carbocycles. The number of phenols is 1. The lowest BCUT2D eigenvalue weighted by atomic mass is 10.1. The van der Waals surface area contributed by atoms with Gasteiger partial charge in [0.2, 0.25) is 0 Å². The molecule has 4 heteroatoms. The molecule has 17 heavy (non-hydrogen) atoms. The summed E-state index contributed by atoms with van der Waals surface area (Å²) in [4.78, 5) is 2.36. The normalized spacial score (nSPS) is 17.2. The van der Waals surface area contributed by atoms with Gasteiger partial charge in [0.25, 0.3) is 0 Å². The molecule has 1 aliphatic rings. The number of benzene rings is 1. The number of alkyl halides is 1. The van der Waals surface area contributed by atoms with Gasteiger partial charge in [0, 0.05) is 32.7 Å². The molecule has 0 unspecified atom stereocenters. The molecule has 0 aliphatic carbocycles. The van der Waals surface area contributed by atoms with Crippen molar-refractivity contribution in [3.8, 4) is 5.75 Å². The molecule has 2 N–H and O–H groups in total. The predicted octanol–water partition coefficient (Wildman–Crippen LogP) is 1.31. The van der Waals surface area contributed by atoms with E-state index in [1.807, 2.05) is 0 Å². The number of halogens is 1. The molecule has 1 heterocycles. The van der Waals surface area contributed by atoms with Gasteiger partial charge in [-0.25, -0.2) is 4.39 Å². The fourth-order valence-electron chi connectivity index (χ4n) is 2.14. The van der Waals surface area contributed by atoms with Crippen LogP contribution in [-0.4, -0.2) is 42.7 Å². The first-order chi connectivity index (χ1) is 8.29. The predicted molar refractivity (Wildman–Crippen MR) is 65.9 cm³/mol. The van der Waals surface area contributed by atoms with E-state index in [0.29, 0.717) is 5.56 Å². The molecule has 1 aromatic carbocycles. The first-order valence-electron chi connectivity index (χ1n) is 6.09. The summed E-state index contributed by atoms with van der Waals surface area (Å²) in [5.74, 6) is 0.275. The average molecular weight is 238 g/mol. The van der Waals surface area contributed by atoms with Crippen molar-refractivity contribution in [3.63, 3.8) is 0 Å². The number of hydrogen-bond donors (Lipinski definition) is 2. The van der Waals surface area contributed by atoms with E-state index in [0.717, 1.165) is 44.7 Å². The van der Waals surface area contributed by atoms with E-state index in [1.165, 1.54) is 0 Å². The van der Waals surface area contributed by atoms with Gasteiger partial charge >= 0.3 is 0 Å². The number of nitrogens with one attached hydrogen (secondary N) is 1. The molecular weight excluding hydrogens is 219 g/mol. The van der Waals surface area contributed by atoms with Crippen LogP contribution < -0.4 is 5.32 Å². The number of hydrogen-bond acceptors (Lipinski definition) is 3. The van der Waals surface area contributed by atoms with E-state index in [1.54, 1.807) is 18.2 Å². The molecule has 3 nitrogen and oxygen atoms in total. The van der Waals surface area contributed by atoms with Crippen LogP contribution in [0.3, 0.4) is 0 Å². The van der Waals surface area contributed by atoms with Crippen molar-refractivity contribution >= 4 is 0 Å². The van der Waals surface area contributed by atoms with Gasteiger partial charge < -0.3 is 15.3 Å². The highest BCUT2D eigenvalue weighted by Crippen LogP contribution is 2.20. The summed E-state index contributed by atoms with van der Waals surface area (Å²) in [6.07, 6.45) is 0.777. The topological polar surface area (TPSA) is 35.5 Å². The minimum atomic E-state index is -0.471. The third kappa shape index (κ3) is 3.41. The monoisotopic (exact) mass is 238 g/mol. The highest BCUT2D eigenvalue weighted by Gasteiger charge is 2.10. The zero-order valence-electron chi connectivity index (χ0n) is 9.95. The SMILES string of the molecule is Oc1ccc(CF)cc1CCN1CCNCC1. The molecule has 0 aromatic heterocycles. The third-order valence-corrected chi connectivity index (χ3v) is 3.21. The smallest absolute Gasteiger partial charge is 0.118 e. The van der Waals surface area contributed by atoms with Crippen LogP contribution in [0.1, 0.15) is 11.1 Å². The Labute approximate surface area is 101 Å². The zero-order valence-corrected chi connectivity index (χ0v) is 9.95. The van der Waals surface area contributed by atoms with E-state index in [2.05, 4.69) is 10.2 Å². The van der Waals surface area contributed by atoms with Crippen molar-refractivity contribution in [1.82, 2.24) is 10.2 Å². The van der Waals surface area contributed by atoms with Crippen molar-refractivity contribution in [2.45, 2.75) is 13.1 Å². The molecule has 1 fully saturated rings. The summed E-state index contributed by atoms with van der Waals surface area (Å²) in [5.41, 5.74) is 1.48. The zero-order chi connectivity index (χ0) is 12.1. The quantitative estimate of drug-likeness (QED) is 0.830. The molecule has 0 radical (unpaired) electrons. The van der Waals surface area contributed by atoms with Crippen LogP contribution in [0, 0.1) is 0 Å². The van der Waals surface area contributed by atoms with Crippen molar-refractivity contribution < 1.29 is 9.50 Å². The Morgan fingerprint density at radius 1 is 1.29 bits per heavy atom. The summed E-state index contributed by atoms with van der Waals surface area (Å²) in [6, 6.07) is 4.98. The lowest BCUT2D eigenvalue weighted by molar-refractivity contribution is 0.243. The fraction of sp³-hybridized carbons (Fsp3) is 0.538. The van der Waals surface area contributed by atoms with Crippen LogP contribution in [0.4, 0.5) is 4.39 Å². The van der Waals surface area contributed by atoms with Gasteiger partial charge in [-0.05, 0) is 29.7 Å². The van der Waals surface area contributed by atoms with Gasteiger partial charge in [0.15, 0.2) is 0 Å². The molecule has 1 saturated heterocycles. The Kier molecular flexibility index (Phi) is 4.34. The van der Waals surface area contributed by atoms with Gasteiger partial charge in [-0.1, -0.05) is 6.07 Å². The van der Waals surface area contributed by atoms with Crippen molar-refractivity contribution in [3.05, 3.63) is 29.3 Å². The Morgan fingerprint density at radius 3 is 2.76 bits per heavy atom. The highest BCUT2D eigenvalue weighted by atomic mass is 19.1. The second-order valence-electron chi connectivity index (χ2n) is 4.44. The average Bonchev–Trinajstić information content (AvgIpc) is 2.39. The van der Waals surface area contributed by atoms with Gasteiger partial charge in [-0.3, -0.25) is 0 Å². The Hall–Kier alpha value is -1.13. The number of aromatic hydroxyl groups is 1. The minimum absolute atomic E-state index is 0.275. The summed E-state index contributed by atoms with van der Waals surface area (Å²) >= 11 is 0. The van der Waals surface area contributed by atoms with Crippen LogP contribution in [0.2, 0.25) is 0 Å².